The lowest BCUT2D eigenvalue weighted by molar-refractivity contribution is -0.134. The number of hydrogen-bond acceptors (Lipinski definition) is 4. The third-order valence-corrected chi connectivity index (χ3v) is 6.55. The van der Waals surface area contributed by atoms with Gasteiger partial charge in [0.25, 0.3) is 11.8 Å². The number of ether oxygens (including phenoxy) is 2. The summed E-state index contributed by atoms with van der Waals surface area (Å²) < 4.78 is 25.1. The van der Waals surface area contributed by atoms with Gasteiger partial charge in [0.2, 0.25) is 0 Å². The van der Waals surface area contributed by atoms with Crippen molar-refractivity contribution in [2.24, 2.45) is 0 Å². The van der Waals surface area contributed by atoms with Crippen LogP contribution in [0.2, 0.25) is 0 Å². The van der Waals surface area contributed by atoms with Gasteiger partial charge in [-0.2, -0.15) is 0 Å². The first-order valence-electron chi connectivity index (χ1n) is 12.3. The minimum atomic E-state index is -0.260. The van der Waals surface area contributed by atoms with Crippen LogP contribution in [0.5, 0.6) is 11.5 Å². The third-order valence-electron chi connectivity index (χ3n) is 6.55. The van der Waals surface area contributed by atoms with Gasteiger partial charge in [0.1, 0.15) is 5.82 Å². The fourth-order valence-electron chi connectivity index (χ4n) is 4.82. The molecule has 1 unspecified atom stereocenters. The average Bonchev–Trinajstić information content (AvgIpc) is 3.31. The highest BCUT2D eigenvalue weighted by Gasteiger charge is 2.30. The minimum Gasteiger partial charge on any atom is -0.490 e. The monoisotopic (exact) mass is 468 g/mol. The first-order valence-corrected chi connectivity index (χ1v) is 12.3. The molecule has 0 radical (unpaired) electrons. The maximum atomic E-state index is 13.6. The Balaban J connectivity index is 1.43. The molecule has 0 N–H and O–H groups in total. The zero-order valence-electron chi connectivity index (χ0n) is 19.8. The van der Waals surface area contributed by atoms with E-state index < -0.39 is 0 Å². The molecule has 4 rings (SSSR count). The maximum absolute atomic E-state index is 13.6. The van der Waals surface area contributed by atoms with Crippen LogP contribution in [0.1, 0.15) is 54.9 Å². The number of piperidine rings is 1. The molecule has 2 heterocycles. The summed E-state index contributed by atoms with van der Waals surface area (Å²) in [6.07, 6.45) is 5.66. The normalized spacial score (nSPS) is 18.1. The van der Waals surface area contributed by atoms with Gasteiger partial charge in [0.05, 0.1) is 6.61 Å². The van der Waals surface area contributed by atoms with Crippen LogP contribution < -0.4 is 9.47 Å². The maximum Gasteiger partial charge on any atom is 0.260 e. The molecule has 0 spiro atoms. The summed E-state index contributed by atoms with van der Waals surface area (Å²) in [5.74, 6) is 0.557. The van der Waals surface area contributed by atoms with Gasteiger partial charge in [-0.1, -0.05) is 12.1 Å². The number of benzene rings is 2. The highest BCUT2D eigenvalue weighted by atomic mass is 19.1. The van der Waals surface area contributed by atoms with Crippen molar-refractivity contribution in [2.75, 3.05) is 32.8 Å². The molecule has 2 saturated heterocycles. The van der Waals surface area contributed by atoms with E-state index in [-0.39, 0.29) is 30.3 Å². The number of nitrogens with zero attached hydrogens (tertiary/aromatic N) is 2. The van der Waals surface area contributed by atoms with Crippen LogP contribution in [0.25, 0.3) is 0 Å². The summed E-state index contributed by atoms with van der Waals surface area (Å²) in [4.78, 5) is 29.5. The Morgan fingerprint density at radius 3 is 2.56 bits per heavy atom. The van der Waals surface area contributed by atoms with Crippen molar-refractivity contribution in [3.63, 3.8) is 0 Å². The van der Waals surface area contributed by atoms with Crippen LogP contribution in [-0.4, -0.2) is 60.5 Å². The van der Waals surface area contributed by atoms with E-state index in [2.05, 4.69) is 0 Å². The summed E-state index contributed by atoms with van der Waals surface area (Å²) in [5.41, 5.74) is 1.41. The molecule has 2 fully saturated rings. The van der Waals surface area contributed by atoms with Crippen molar-refractivity contribution in [3.05, 3.63) is 59.4 Å². The predicted molar refractivity (Wildman–Crippen MR) is 128 cm³/mol. The number of hydrogen-bond donors (Lipinski definition) is 0. The number of rotatable bonds is 8. The third kappa shape index (κ3) is 5.88. The standard InChI is InChI=1S/C27H33FN2O4/c1-2-33-25-18-21(11-12-24(25)34-19-26(31)29-13-4-3-5-14-29)27(32)30-15-7-10-23(30)17-20-8-6-9-22(28)16-20/h6,8-9,11-12,16,18,23H,2-5,7,10,13-15,17,19H2,1H3. The summed E-state index contributed by atoms with van der Waals surface area (Å²) in [6.45, 7) is 4.47. The first-order chi connectivity index (χ1) is 16.5. The predicted octanol–water partition coefficient (Wildman–Crippen LogP) is 4.46. The van der Waals surface area contributed by atoms with Crippen LogP contribution in [-0.2, 0) is 11.2 Å². The van der Waals surface area contributed by atoms with E-state index in [1.807, 2.05) is 22.8 Å². The lowest BCUT2D eigenvalue weighted by Gasteiger charge is -2.27. The summed E-state index contributed by atoms with van der Waals surface area (Å²) in [6, 6.07) is 11.7. The zero-order valence-corrected chi connectivity index (χ0v) is 19.8. The fourth-order valence-corrected chi connectivity index (χ4v) is 4.82. The van der Waals surface area contributed by atoms with Gasteiger partial charge in [0, 0.05) is 31.2 Å². The van der Waals surface area contributed by atoms with Crippen LogP contribution >= 0.6 is 0 Å². The summed E-state index contributed by atoms with van der Waals surface area (Å²) in [5, 5.41) is 0. The van der Waals surface area contributed by atoms with E-state index in [0.717, 1.165) is 50.8 Å². The Kier molecular flexibility index (Phi) is 8.03. The van der Waals surface area contributed by atoms with Crippen LogP contribution in [0.15, 0.2) is 42.5 Å². The first kappa shape index (κ1) is 24.0. The molecule has 2 aliphatic heterocycles. The number of likely N-dealkylation sites (tertiary alicyclic amines) is 2. The molecule has 2 aromatic rings. The van der Waals surface area contributed by atoms with Crippen molar-refractivity contribution >= 4 is 11.8 Å². The van der Waals surface area contributed by atoms with Gasteiger partial charge in [-0.3, -0.25) is 9.59 Å². The average molecular weight is 469 g/mol. The number of carbonyl (C=O) groups excluding carboxylic acids is 2. The molecule has 0 bridgehead atoms. The Labute approximate surface area is 200 Å². The van der Waals surface area contributed by atoms with Crippen molar-refractivity contribution in [2.45, 2.75) is 51.5 Å². The number of carbonyl (C=O) groups is 2. The Bertz CT molecular complexity index is 1010. The molecule has 1 atom stereocenters. The second kappa shape index (κ2) is 11.4. The van der Waals surface area contributed by atoms with Gasteiger partial charge in [-0.05, 0) is 81.3 Å². The van der Waals surface area contributed by atoms with E-state index in [1.54, 1.807) is 24.3 Å². The molecule has 0 aliphatic carbocycles. The zero-order chi connectivity index (χ0) is 23.9. The van der Waals surface area contributed by atoms with E-state index in [9.17, 15) is 14.0 Å². The number of halogens is 1. The van der Waals surface area contributed by atoms with Gasteiger partial charge in [-0.25, -0.2) is 4.39 Å². The van der Waals surface area contributed by atoms with Gasteiger partial charge < -0.3 is 19.3 Å². The molecule has 0 saturated carbocycles. The largest absolute Gasteiger partial charge is 0.490 e. The molecule has 2 amide bonds. The van der Waals surface area contributed by atoms with E-state index >= 15 is 0 Å². The van der Waals surface area contributed by atoms with Crippen LogP contribution in [0, 0.1) is 5.82 Å². The highest BCUT2D eigenvalue weighted by Crippen LogP contribution is 2.31. The van der Waals surface area contributed by atoms with E-state index in [0.29, 0.717) is 36.6 Å². The lowest BCUT2D eigenvalue weighted by Crippen LogP contribution is -2.38. The van der Waals surface area contributed by atoms with Gasteiger partial charge in [-0.15, -0.1) is 0 Å². The molecular formula is C27H33FN2O4. The highest BCUT2D eigenvalue weighted by molar-refractivity contribution is 5.95. The van der Waals surface area contributed by atoms with Gasteiger partial charge in [0.15, 0.2) is 18.1 Å². The second-order valence-electron chi connectivity index (χ2n) is 8.95. The Morgan fingerprint density at radius 2 is 1.79 bits per heavy atom. The lowest BCUT2D eigenvalue weighted by atomic mass is 10.0. The minimum absolute atomic E-state index is 0.0282. The van der Waals surface area contributed by atoms with Crippen molar-refractivity contribution in [1.82, 2.24) is 9.80 Å². The van der Waals surface area contributed by atoms with Gasteiger partial charge >= 0.3 is 0 Å². The molecule has 0 aromatic heterocycles. The smallest absolute Gasteiger partial charge is 0.260 e. The number of amides is 2. The quantitative estimate of drug-likeness (QED) is 0.574. The molecule has 6 nitrogen and oxygen atoms in total. The topological polar surface area (TPSA) is 59.1 Å². The fraction of sp³-hybridized carbons (Fsp3) is 0.481. The molecular weight excluding hydrogens is 435 g/mol. The Hall–Kier alpha value is -3.09. The molecule has 2 aliphatic rings. The van der Waals surface area contributed by atoms with Crippen LogP contribution in [0.3, 0.4) is 0 Å². The second-order valence-corrected chi connectivity index (χ2v) is 8.95. The van der Waals surface area contributed by atoms with E-state index in [4.69, 9.17) is 9.47 Å². The molecule has 182 valence electrons. The summed E-state index contributed by atoms with van der Waals surface area (Å²) >= 11 is 0. The molecule has 34 heavy (non-hydrogen) atoms. The SMILES string of the molecule is CCOc1cc(C(=O)N2CCCC2Cc2cccc(F)c2)ccc1OCC(=O)N1CCCCC1. The van der Waals surface area contributed by atoms with E-state index in [1.165, 1.54) is 12.1 Å². The van der Waals surface area contributed by atoms with Crippen LogP contribution in [0.4, 0.5) is 4.39 Å². The van der Waals surface area contributed by atoms with Crippen molar-refractivity contribution in [3.8, 4) is 11.5 Å². The van der Waals surface area contributed by atoms with Crippen molar-refractivity contribution in [1.29, 1.82) is 0 Å². The van der Waals surface area contributed by atoms with Crippen molar-refractivity contribution < 1.29 is 23.5 Å². The Morgan fingerprint density at radius 1 is 0.971 bits per heavy atom. The molecule has 7 heteroatoms. The summed E-state index contributed by atoms with van der Waals surface area (Å²) in [7, 11) is 0. The molecule has 2 aromatic carbocycles.